The van der Waals surface area contributed by atoms with Gasteiger partial charge < -0.3 is 4.90 Å². The van der Waals surface area contributed by atoms with Crippen LogP contribution in [0, 0.1) is 0 Å². The normalized spacial score (nSPS) is 17.0. The van der Waals surface area contributed by atoms with Gasteiger partial charge in [-0.15, -0.1) is 0 Å². The average molecular weight is 391 g/mol. The molecule has 1 aliphatic heterocycles. The number of rotatable bonds is 7. The number of nitrogens with one attached hydrogen (secondary N) is 2. The summed E-state index contributed by atoms with van der Waals surface area (Å²) >= 11 is 0. The molecule has 1 aliphatic rings. The van der Waals surface area contributed by atoms with Gasteiger partial charge in [-0.3, -0.25) is 4.72 Å². The zero-order valence-corrected chi connectivity index (χ0v) is 16.4. The van der Waals surface area contributed by atoms with E-state index in [1.54, 1.807) is 32.9 Å². The van der Waals surface area contributed by atoms with Crippen molar-refractivity contribution < 1.29 is 16.8 Å². The predicted octanol–water partition coefficient (Wildman–Crippen LogP) is 0.813. The monoisotopic (exact) mass is 390 g/mol. The first-order valence-electron chi connectivity index (χ1n) is 8.26. The molecule has 0 aliphatic carbocycles. The number of benzene rings is 1. The summed E-state index contributed by atoms with van der Waals surface area (Å²) in [5.74, 6) is 0.117. The molecule has 2 rings (SSSR count). The maximum atomic E-state index is 11.9. The van der Waals surface area contributed by atoms with Crippen LogP contribution in [0.3, 0.4) is 0 Å². The standard InChI is InChI=1S/C15H26N4O4S2/c1-4-24(20,21)19-11-9-18(10-12-19)15-7-5-14(6-8-15)17-25(22,23)16-13(2)3/h5-8,13,16-17H,4,9-12H2,1-3H3. The van der Waals surface area contributed by atoms with Crippen LogP contribution in [-0.4, -0.2) is 59.1 Å². The molecule has 0 bridgehead atoms. The van der Waals surface area contributed by atoms with Crippen molar-refractivity contribution in [3.05, 3.63) is 24.3 Å². The Kier molecular flexibility index (Phi) is 6.30. The Bertz CT molecular complexity index is 768. The third-order valence-electron chi connectivity index (χ3n) is 3.87. The van der Waals surface area contributed by atoms with Gasteiger partial charge in [-0.2, -0.15) is 17.4 Å². The van der Waals surface area contributed by atoms with Gasteiger partial charge in [-0.05, 0) is 45.0 Å². The van der Waals surface area contributed by atoms with Gasteiger partial charge >= 0.3 is 0 Å². The van der Waals surface area contributed by atoms with Gasteiger partial charge in [0.1, 0.15) is 0 Å². The Hall–Kier alpha value is -1.36. The largest absolute Gasteiger partial charge is 0.369 e. The summed E-state index contributed by atoms with van der Waals surface area (Å²) < 4.78 is 53.9. The lowest BCUT2D eigenvalue weighted by atomic mass is 10.2. The summed E-state index contributed by atoms with van der Waals surface area (Å²) in [4.78, 5) is 2.09. The van der Waals surface area contributed by atoms with Crippen LogP contribution in [-0.2, 0) is 20.2 Å². The van der Waals surface area contributed by atoms with Crippen molar-refractivity contribution in [2.45, 2.75) is 26.8 Å². The minimum absolute atomic E-state index is 0.117. The van der Waals surface area contributed by atoms with E-state index in [-0.39, 0.29) is 11.8 Å². The number of anilines is 2. The van der Waals surface area contributed by atoms with Crippen molar-refractivity contribution in [3.8, 4) is 0 Å². The van der Waals surface area contributed by atoms with Crippen molar-refractivity contribution in [1.82, 2.24) is 9.03 Å². The van der Waals surface area contributed by atoms with Gasteiger partial charge in [0.25, 0.3) is 10.2 Å². The van der Waals surface area contributed by atoms with E-state index in [0.717, 1.165) is 5.69 Å². The molecule has 1 saturated heterocycles. The number of hydrogen-bond acceptors (Lipinski definition) is 5. The third-order valence-corrected chi connectivity index (χ3v) is 7.04. The zero-order chi connectivity index (χ0) is 18.7. The SMILES string of the molecule is CCS(=O)(=O)N1CCN(c2ccc(NS(=O)(=O)NC(C)C)cc2)CC1. The molecular weight excluding hydrogens is 364 g/mol. The Labute approximate surface area is 150 Å². The molecule has 0 saturated carbocycles. The highest BCUT2D eigenvalue weighted by molar-refractivity contribution is 7.90. The molecule has 10 heteroatoms. The van der Waals surface area contributed by atoms with Crippen molar-refractivity contribution >= 4 is 31.6 Å². The lowest BCUT2D eigenvalue weighted by molar-refractivity contribution is 0.385. The van der Waals surface area contributed by atoms with Gasteiger partial charge in [-0.25, -0.2) is 8.42 Å². The number of nitrogens with zero attached hydrogens (tertiary/aromatic N) is 2. The molecule has 1 aromatic carbocycles. The highest BCUT2D eigenvalue weighted by atomic mass is 32.2. The van der Waals surface area contributed by atoms with Crippen LogP contribution in [0.5, 0.6) is 0 Å². The van der Waals surface area contributed by atoms with Gasteiger partial charge in [0.05, 0.1) is 5.75 Å². The first-order chi connectivity index (χ1) is 11.6. The molecule has 0 amide bonds. The Morgan fingerprint density at radius 3 is 2.04 bits per heavy atom. The summed E-state index contributed by atoms with van der Waals surface area (Å²) in [5.41, 5.74) is 1.41. The lowest BCUT2D eigenvalue weighted by Crippen LogP contribution is -2.49. The molecule has 0 spiro atoms. The Balaban J connectivity index is 1.97. The lowest BCUT2D eigenvalue weighted by Gasteiger charge is -2.35. The highest BCUT2D eigenvalue weighted by Gasteiger charge is 2.25. The average Bonchev–Trinajstić information content (AvgIpc) is 2.54. The summed E-state index contributed by atoms with van der Waals surface area (Å²) in [5, 5.41) is 0. The Morgan fingerprint density at radius 2 is 1.56 bits per heavy atom. The fraction of sp³-hybridized carbons (Fsp3) is 0.600. The van der Waals surface area contributed by atoms with E-state index in [9.17, 15) is 16.8 Å². The second kappa shape index (κ2) is 7.90. The smallest absolute Gasteiger partial charge is 0.299 e. The van der Waals surface area contributed by atoms with Crippen LogP contribution in [0.25, 0.3) is 0 Å². The number of piperazine rings is 1. The van der Waals surface area contributed by atoms with Crippen LogP contribution in [0.2, 0.25) is 0 Å². The quantitative estimate of drug-likeness (QED) is 0.718. The maximum Gasteiger partial charge on any atom is 0.299 e. The Morgan fingerprint density at radius 1 is 1.00 bits per heavy atom. The zero-order valence-electron chi connectivity index (χ0n) is 14.8. The van der Waals surface area contributed by atoms with E-state index in [4.69, 9.17) is 0 Å². The first-order valence-corrected chi connectivity index (χ1v) is 11.3. The molecule has 1 fully saturated rings. The van der Waals surface area contributed by atoms with E-state index >= 15 is 0 Å². The van der Waals surface area contributed by atoms with Crippen molar-refractivity contribution in [3.63, 3.8) is 0 Å². The van der Waals surface area contributed by atoms with E-state index in [1.807, 2.05) is 12.1 Å². The number of hydrogen-bond donors (Lipinski definition) is 2. The van der Waals surface area contributed by atoms with E-state index < -0.39 is 20.2 Å². The molecule has 25 heavy (non-hydrogen) atoms. The van der Waals surface area contributed by atoms with Crippen molar-refractivity contribution in [1.29, 1.82) is 0 Å². The molecule has 0 atom stereocenters. The second-order valence-corrected chi connectivity index (χ2v) is 9.92. The van der Waals surface area contributed by atoms with Crippen LogP contribution in [0.15, 0.2) is 24.3 Å². The van der Waals surface area contributed by atoms with E-state index in [0.29, 0.717) is 31.9 Å². The van der Waals surface area contributed by atoms with Crippen LogP contribution in [0.4, 0.5) is 11.4 Å². The summed E-state index contributed by atoms with van der Waals surface area (Å²) in [6.45, 7) is 7.29. The van der Waals surface area contributed by atoms with Gasteiger partial charge in [0, 0.05) is 43.6 Å². The molecule has 0 unspecified atom stereocenters. The highest BCUT2D eigenvalue weighted by Crippen LogP contribution is 2.21. The van der Waals surface area contributed by atoms with E-state index in [2.05, 4.69) is 14.3 Å². The fourth-order valence-electron chi connectivity index (χ4n) is 2.64. The molecule has 0 radical (unpaired) electrons. The van der Waals surface area contributed by atoms with Gasteiger partial charge in [-0.1, -0.05) is 0 Å². The molecule has 2 N–H and O–H groups in total. The molecule has 0 aromatic heterocycles. The minimum atomic E-state index is -3.59. The number of sulfonamides is 1. The molecule has 8 nitrogen and oxygen atoms in total. The summed E-state index contributed by atoms with van der Waals surface area (Å²) in [6, 6.07) is 6.87. The van der Waals surface area contributed by atoms with E-state index in [1.165, 1.54) is 4.31 Å². The van der Waals surface area contributed by atoms with Gasteiger partial charge in [0.2, 0.25) is 10.0 Å². The summed E-state index contributed by atoms with van der Waals surface area (Å²) in [7, 11) is -6.73. The van der Waals surface area contributed by atoms with Crippen LogP contribution in [0.1, 0.15) is 20.8 Å². The predicted molar refractivity (Wildman–Crippen MR) is 101 cm³/mol. The summed E-state index contributed by atoms with van der Waals surface area (Å²) in [6.07, 6.45) is 0. The minimum Gasteiger partial charge on any atom is -0.369 e. The van der Waals surface area contributed by atoms with Crippen LogP contribution < -0.4 is 14.3 Å². The topological polar surface area (TPSA) is 98.8 Å². The molecule has 142 valence electrons. The van der Waals surface area contributed by atoms with Crippen molar-refractivity contribution in [2.75, 3.05) is 41.6 Å². The van der Waals surface area contributed by atoms with Crippen molar-refractivity contribution in [2.24, 2.45) is 0 Å². The second-order valence-electron chi connectivity index (χ2n) is 6.21. The third kappa shape index (κ3) is 5.56. The molecule has 1 heterocycles. The maximum absolute atomic E-state index is 11.9. The molecular formula is C15H26N4O4S2. The van der Waals surface area contributed by atoms with Crippen LogP contribution >= 0.6 is 0 Å². The molecule has 1 aromatic rings. The van der Waals surface area contributed by atoms with Gasteiger partial charge in [0.15, 0.2) is 0 Å². The first kappa shape index (κ1) is 20.0. The fourth-order valence-corrected chi connectivity index (χ4v) is 4.85.